The van der Waals surface area contributed by atoms with Gasteiger partial charge in [-0.2, -0.15) is 0 Å². The van der Waals surface area contributed by atoms with Crippen molar-refractivity contribution >= 4 is 16.7 Å². The standard InChI is InChI=1S/C18H24N2O/c1-5-18(4,20(6-2)7-3)17(21)15-12-8-10-14-11-9-13-19-16(14)15/h8-13H,5-7H2,1-4H3. The fraction of sp³-hybridized carbons (Fsp3) is 0.444. The SMILES string of the molecule is CCN(CC)C(C)(CC)C(=O)c1cccc2cccnc12. The molecule has 0 radical (unpaired) electrons. The fourth-order valence-electron chi connectivity index (χ4n) is 3.03. The number of carbonyl (C=O) groups is 1. The van der Waals surface area contributed by atoms with Crippen molar-refractivity contribution in [3.63, 3.8) is 0 Å². The normalized spacial score (nSPS) is 14.3. The van der Waals surface area contributed by atoms with Crippen LogP contribution in [0.3, 0.4) is 0 Å². The number of hydrogen-bond donors (Lipinski definition) is 0. The van der Waals surface area contributed by atoms with Crippen molar-refractivity contribution in [2.75, 3.05) is 13.1 Å². The summed E-state index contributed by atoms with van der Waals surface area (Å²) >= 11 is 0. The highest BCUT2D eigenvalue weighted by Crippen LogP contribution is 2.27. The Morgan fingerprint density at radius 1 is 1.14 bits per heavy atom. The molecule has 1 atom stereocenters. The van der Waals surface area contributed by atoms with Crippen LogP contribution in [0.5, 0.6) is 0 Å². The van der Waals surface area contributed by atoms with Crippen molar-refractivity contribution in [1.82, 2.24) is 9.88 Å². The van der Waals surface area contributed by atoms with Crippen LogP contribution < -0.4 is 0 Å². The van der Waals surface area contributed by atoms with E-state index in [2.05, 4.69) is 30.7 Å². The van der Waals surface area contributed by atoms with Crippen molar-refractivity contribution in [3.05, 3.63) is 42.1 Å². The van der Waals surface area contributed by atoms with Gasteiger partial charge in [0.15, 0.2) is 5.78 Å². The van der Waals surface area contributed by atoms with Crippen LogP contribution in [-0.2, 0) is 0 Å². The third-order valence-electron chi connectivity index (χ3n) is 4.52. The summed E-state index contributed by atoms with van der Waals surface area (Å²) in [6, 6.07) is 9.74. The molecule has 0 bridgehead atoms. The first-order valence-electron chi connectivity index (χ1n) is 7.72. The van der Waals surface area contributed by atoms with E-state index in [1.165, 1.54) is 0 Å². The first-order valence-corrected chi connectivity index (χ1v) is 7.72. The zero-order valence-electron chi connectivity index (χ0n) is 13.4. The van der Waals surface area contributed by atoms with E-state index in [0.717, 1.165) is 36.0 Å². The molecule has 1 aromatic heterocycles. The number of hydrogen-bond acceptors (Lipinski definition) is 3. The zero-order chi connectivity index (χ0) is 15.5. The molecule has 2 aromatic rings. The molecule has 0 N–H and O–H groups in total. The number of benzene rings is 1. The van der Waals surface area contributed by atoms with Gasteiger partial charge < -0.3 is 0 Å². The second-order valence-electron chi connectivity index (χ2n) is 5.51. The largest absolute Gasteiger partial charge is 0.292 e. The Morgan fingerprint density at radius 2 is 1.81 bits per heavy atom. The van der Waals surface area contributed by atoms with Gasteiger partial charge in [0.1, 0.15) is 0 Å². The van der Waals surface area contributed by atoms with Gasteiger partial charge in [-0.3, -0.25) is 14.7 Å². The van der Waals surface area contributed by atoms with Gasteiger partial charge in [-0.05, 0) is 38.6 Å². The van der Waals surface area contributed by atoms with E-state index in [4.69, 9.17) is 0 Å². The quantitative estimate of drug-likeness (QED) is 0.754. The van der Waals surface area contributed by atoms with Crippen LogP contribution in [0, 0.1) is 0 Å². The van der Waals surface area contributed by atoms with E-state index >= 15 is 0 Å². The van der Waals surface area contributed by atoms with Crippen molar-refractivity contribution in [2.45, 2.75) is 39.7 Å². The predicted octanol–water partition coefficient (Wildman–Crippen LogP) is 3.93. The number of para-hydroxylation sites is 1. The number of carbonyl (C=O) groups excluding carboxylic acids is 1. The number of rotatable bonds is 6. The lowest BCUT2D eigenvalue weighted by Gasteiger charge is -2.38. The molecule has 0 aliphatic rings. The van der Waals surface area contributed by atoms with Gasteiger partial charge in [-0.15, -0.1) is 0 Å². The molecule has 0 spiro atoms. The summed E-state index contributed by atoms with van der Waals surface area (Å²) in [4.78, 5) is 19.8. The maximum Gasteiger partial charge on any atom is 0.184 e. The molecule has 21 heavy (non-hydrogen) atoms. The maximum absolute atomic E-state index is 13.2. The number of fused-ring (bicyclic) bond motifs is 1. The zero-order valence-corrected chi connectivity index (χ0v) is 13.4. The Morgan fingerprint density at radius 3 is 2.43 bits per heavy atom. The molecular formula is C18H24N2O. The predicted molar refractivity (Wildman–Crippen MR) is 87.7 cm³/mol. The van der Waals surface area contributed by atoms with Crippen LogP contribution in [0.15, 0.2) is 36.5 Å². The number of pyridine rings is 1. The van der Waals surface area contributed by atoms with Gasteiger partial charge in [-0.1, -0.05) is 39.0 Å². The summed E-state index contributed by atoms with van der Waals surface area (Å²) in [6.07, 6.45) is 2.54. The molecule has 0 amide bonds. The Labute approximate surface area is 127 Å². The van der Waals surface area contributed by atoms with Crippen molar-refractivity contribution < 1.29 is 4.79 Å². The lowest BCUT2D eigenvalue weighted by Crippen LogP contribution is -2.52. The first-order chi connectivity index (χ1) is 10.1. The topological polar surface area (TPSA) is 33.2 Å². The van der Waals surface area contributed by atoms with Gasteiger partial charge in [0.05, 0.1) is 11.1 Å². The molecule has 0 saturated carbocycles. The molecular weight excluding hydrogens is 260 g/mol. The summed E-state index contributed by atoms with van der Waals surface area (Å²) in [5, 5.41) is 1.02. The summed E-state index contributed by atoms with van der Waals surface area (Å²) in [7, 11) is 0. The van der Waals surface area contributed by atoms with Crippen LogP contribution in [0.1, 0.15) is 44.5 Å². The molecule has 1 aromatic carbocycles. The average Bonchev–Trinajstić information content (AvgIpc) is 2.54. The molecule has 2 rings (SSSR count). The number of ketones is 1. The summed E-state index contributed by atoms with van der Waals surface area (Å²) in [5.41, 5.74) is 1.05. The number of likely N-dealkylation sites (N-methyl/N-ethyl adjacent to an activating group) is 1. The molecule has 0 aliphatic heterocycles. The van der Waals surface area contributed by atoms with E-state index in [9.17, 15) is 4.79 Å². The third-order valence-corrected chi connectivity index (χ3v) is 4.52. The lowest BCUT2D eigenvalue weighted by molar-refractivity contribution is 0.0609. The van der Waals surface area contributed by atoms with Gasteiger partial charge >= 0.3 is 0 Å². The molecule has 0 saturated heterocycles. The second-order valence-corrected chi connectivity index (χ2v) is 5.51. The highest BCUT2D eigenvalue weighted by Gasteiger charge is 2.37. The third kappa shape index (κ3) is 2.70. The van der Waals surface area contributed by atoms with Gasteiger partial charge in [0, 0.05) is 17.1 Å². The molecule has 0 fully saturated rings. The van der Waals surface area contributed by atoms with Crippen LogP contribution in [0.4, 0.5) is 0 Å². The van der Waals surface area contributed by atoms with E-state index in [1.807, 2.05) is 37.3 Å². The first kappa shape index (κ1) is 15.6. The van der Waals surface area contributed by atoms with E-state index in [-0.39, 0.29) is 5.78 Å². The highest BCUT2D eigenvalue weighted by molar-refractivity contribution is 6.11. The van der Waals surface area contributed by atoms with Crippen molar-refractivity contribution in [3.8, 4) is 0 Å². The fourth-order valence-corrected chi connectivity index (χ4v) is 3.03. The van der Waals surface area contributed by atoms with Crippen LogP contribution in [0.2, 0.25) is 0 Å². The Balaban J connectivity index is 2.55. The Bertz CT molecular complexity index is 629. The van der Waals surface area contributed by atoms with E-state index < -0.39 is 5.54 Å². The van der Waals surface area contributed by atoms with Gasteiger partial charge in [-0.25, -0.2) is 0 Å². The molecule has 1 unspecified atom stereocenters. The molecule has 1 heterocycles. The van der Waals surface area contributed by atoms with Gasteiger partial charge in [0.2, 0.25) is 0 Å². The van der Waals surface area contributed by atoms with Crippen LogP contribution >= 0.6 is 0 Å². The number of Topliss-reactive ketones (excluding diaryl/α,β-unsaturated/α-hetero) is 1. The summed E-state index contributed by atoms with van der Waals surface area (Å²) < 4.78 is 0. The van der Waals surface area contributed by atoms with Crippen molar-refractivity contribution in [2.24, 2.45) is 0 Å². The molecule has 0 aliphatic carbocycles. The monoisotopic (exact) mass is 284 g/mol. The van der Waals surface area contributed by atoms with Crippen LogP contribution in [0.25, 0.3) is 10.9 Å². The van der Waals surface area contributed by atoms with E-state index in [1.54, 1.807) is 6.20 Å². The lowest BCUT2D eigenvalue weighted by atomic mass is 9.86. The molecule has 112 valence electrons. The highest BCUT2D eigenvalue weighted by atomic mass is 16.1. The summed E-state index contributed by atoms with van der Waals surface area (Å²) in [5.74, 6) is 0.165. The van der Waals surface area contributed by atoms with Gasteiger partial charge in [0.25, 0.3) is 0 Å². The summed E-state index contributed by atoms with van der Waals surface area (Å²) in [6.45, 7) is 10.1. The minimum Gasteiger partial charge on any atom is -0.292 e. The molecule has 3 heteroatoms. The number of nitrogens with zero attached hydrogens (tertiary/aromatic N) is 2. The average molecular weight is 284 g/mol. The Kier molecular flexibility index (Phi) is 4.73. The second kappa shape index (κ2) is 6.35. The molecule has 3 nitrogen and oxygen atoms in total. The maximum atomic E-state index is 13.2. The number of aromatic nitrogens is 1. The van der Waals surface area contributed by atoms with Crippen LogP contribution in [-0.4, -0.2) is 34.3 Å². The minimum atomic E-state index is -0.477. The minimum absolute atomic E-state index is 0.165. The Hall–Kier alpha value is -1.74. The smallest absolute Gasteiger partial charge is 0.184 e. The van der Waals surface area contributed by atoms with E-state index in [0.29, 0.717) is 0 Å². The van der Waals surface area contributed by atoms with Crippen molar-refractivity contribution in [1.29, 1.82) is 0 Å².